The molecule has 2 rings (SSSR count). The number of nitrogens with zero attached hydrogens (tertiary/aromatic N) is 2. The van der Waals surface area contributed by atoms with Gasteiger partial charge in [0.05, 0.1) is 6.20 Å². The Labute approximate surface area is 98.0 Å². The van der Waals surface area contributed by atoms with Gasteiger partial charge >= 0.3 is 0 Å². The van der Waals surface area contributed by atoms with Crippen LogP contribution < -0.4 is 5.73 Å². The van der Waals surface area contributed by atoms with Crippen molar-refractivity contribution in [2.75, 3.05) is 6.54 Å². The van der Waals surface area contributed by atoms with Crippen LogP contribution in [0.2, 0.25) is 0 Å². The molecule has 0 amide bonds. The Balaban J connectivity index is 2.08. The molecule has 0 aromatic carbocycles. The summed E-state index contributed by atoms with van der Waals surface area (Å²) in [5.41, 5.74) is 7.72. The molecule has 90 valence electrons. The molecular weight excluding hydrogens is 198 g/mol. The van der Waals surface area contributed by atoms with Crippen molar-refractivity contribution in [2.45, 2.75) is 44.9 Å². The van der Waals surface area contributed by atoms with Crippen molar-refractivity contribution < 1.29 is 0 Å². The van der Waals surface area contributed by atoms with Crippen molar-refractivity contribution in [3.8, 4) is 0 Å². The minimum absolute atomic E-state index is 0.347. The molecule has 1 aliphatic carbocycles. The summed E-state index contributed by atoms with van der Waals surface area (Å²) in [7, 11) is 1.98. The Hall–Kier alpha value is -0.830. The zero-order valence-electron chi connectivity index (χ0n) is 10.3. The summed E-state index contributed by atoms with van der Waals surface area (Å²) >= 11 is 0. The van der Waals surface area contributed by atoms with E-state index in [1.165, 1.54) is 44.1 Å². The molecule has 0 bridgehead atoms. The van der Waals surface area contributed by atoms with E-state index in [0.717, 1.165) is 13.0 Å². The summed E-state index contributed by atoms with van der Waals surface area (Å²) in [6.07, 6.45) is 13.3. The molecule has 1 saturated carbocycles. The van der Waals surface area contributed by atoms with Crippen molar-refractivity contribution in [3.05, 3.63) is 18.0 Å². The zero-order valence-corrected chi connectivity index (χ0v) is 10.3. The van der Waals surface area contributed by atoms with E-state index in [2.05, 4.69) is 11.3 Å². The normalized spacial score (nSPS) is 20.6. The van der Waals surface area contributed by atoms with Gasteiger partial charge in [0.2, 0.25) is 0 Å². The molecule has 0 radical (unpaired) electrons. The van der Waals surface area contributed by atoms with Crippen LogP contribution in [0.15, 0.2) is 12.4 Å². The molecule has 2 N–H and O–H groups in total. The number of rotatable bonds is 3. The molecule has 3 nitrogen and oxygen atoms in total. The van der Waals surface area contributed by atoms with Crippen molar-refractivity contribution in [2.24, 2.45) is 18.2 Å². The minimum Gasteiger partial charge on any atom is -0.330 e. The summed E-state index contributed by atoms with van der Waals surface area (Å²) in [5, 5.41) is 4.25. The molecule has 1 heterocycles. The van der Waals surface area contributed by atoms with Crippen LogP contribution in [-0.4, -0.2) is 16.3 Å². The Morgan fingerprint density at radius 1 is 1.31 bits per heavy atom. The maximum Gasteiger partial charge on any atom is 0.0521 e. The summed E-state index contributed by atoms with van der Waals surface area (Å²) in [6, 6.07) is 0. The predicted molar refractivity (Wildman–Crippen MR) is 66.1 cm³/mol. The maximum atomic E-state index is 6.04. The molecule has 0 saturated heterocycles. The monoisotopic (exact) mass is 221 g/mol. The van der Waals surface area contributed by atoms with Crippen LogP contribution in [-0.2, 0) is 13.5 Å². The maximum absolute atomic E-state index is 6.04. The van der Waals surface area contributed by atoms with Gasteiger partial charge in [-0.3, -0.25) is 4.68 Å². The predicted octanol–water partition coefficient (Wildman–Crippen LogP) is 2.26. The average molecular weight is 221 g/mol. The largest absolute Gasteiger partial charge is 0.330 e. The zero-order chi connectivity index (χ0) is 11.4. The number of aryl methyl sites for hydroxylation is 1. The van der Waals surface area contributed by atoms with Gasteiger partial charge in [-0.15, -0.1) is 0 Å². The number of nitrogens with two attached hydrogens (primary N) is 1. The van der Waals surface area contributed by atoms with E-state index in [4.69, 9.17) is 5.73 Å². The fourth-order valence-corrected chi connectivity index (χ4v) is 2.93. The smallest absolute Gasteiger partial charge is 0.0521 e. The van der Waals surface area contributed by atoms with Crippen LogP contribution in [0.5, 0.6) is 0 Å². The Bertz CT molecular complexity index is 322. The van der Waals surface area contributed by atoms with Gasteiger partial charge in [0.25, 0.3) is 0 Å². The van der Waals surface area contributed by atoms with E-state index in [-0.39, 0.29) is 0 Å². The fourth-order valence-electron chi connectivity index (χ4n) is 2.93. The number of aromatic nitrogens is 2. The molecule has 1 fully saturated rings. The lowest BCUT2D eigenvalue weighted by molar-refractivity contribution is 0.252. The van der Waals surface area contributed by atoms with E-state index in [1.807, 2.05) is 17.9 Å². The van der Waals surface area contributed by atoms with Gasteiger partial charge < -0.3 is 5.73 Å². The van der Waals surface area contributed by atoms with E-state index in [9.17, 15) is 0 Å². The molecule has 0 unspecified atom stereocenters. The third-order valence-corrected chi connectivity index (χ3v) is 3.93. The van der Waals surface area contributed by atoms with Crippen molar-refractivity contribution in [1.29, 1.82) is 0 Å². The number of hydrogen-bond acceptors (Lipinski definition) is 2. The first-order valence-corrected chi connectivity index (χ1v) is 6.42. The topological polar surface area (TPSA) is 43.8 Å². The quantitative estimate of drug-likeness (QED) is 0.796. The van der Waals surface area contributed by atoms with Crippen LogP contribution in [0.1, 0.15) is 44.1 Å². The van der Waals surface area contributed by atoms with Crippen molar-refractivity contribution >= 4 is 0 Å². The lowest BCUT2D eigenvalue weighted by atomic mass is 9.76. The van der Waals surface area contributed by atoms with E-state index in [0.29, 0.717) is 5.41 Å². The molecule has 1 aliphatic rings. The summed E-state index contributed by atoms with van der Waals surface area (Å²) in [5.74, 6) is 0. The summed E-state index contributed by atoms with van der Waals surface area (Å²) in [6.45, 7) is 0.821. The summed E-state index contributed by atoms with van der Waals surface area (Å²) in [4.78, 5) is 0. The van der Waals surface area contributed by atoms with Gasteiger partial charge in [0, 0.05) is 13.2 Å². The van der Waals surface area contributed by atoms with Gasteiger partial charge in [0.1, 0.15) is 0 Å². The third kappa shape index (κ3) is 2.64. The molecule has 1 aromatic rings. The van der Waals surface area contributed by atoms with Crippen LogP contribution in [0.3, 0.4) is 0 Å². The van der Waals surface area contributed by atoms with Crippen LogP contribution in [0.25, 0.3) is 0 Å². The van der Waals surface area contributed by atoms with Gasteiger partial charge in [-0.25, -0.2) is 0 Å². The third-order valence-electron chi connectivity index (χ3n) is 3.93. The second-order valence-corrected chi connectivity index (χ2v) is 5.32. The lowest BCUT2D eigenvalue weighted by Crippen LogP contribution is -2.32. The number of hydrogen-bond donors (Lipinski definition) is 1. The van der Waals surface area contributed by atoms with Gasteiger partial charge in [-0.05, 0) is 36.8 Å². The summed E-state index contributed by atoms with van der Waals surface area (Å²) < 4.78 is 1.89. The first-order valence-electron chi connectivity index (χ1n) is 6.42. The van der Waals surface area contributed by atoms with E-state index < -0.39 is 0 Å². The van der Waals surface area contributed by atoms with Crippen LogP contribution >= 0.6 is 0 Å². The van der Waals surface area contributed by atoms with Gasteiger partial charge in [-0.1, -0.05) is 25.7 Å². The van der Waals surface area contributed by atoms with Crippen LogP contribution in [0.4, 0.5) is 0 Å². The second-order valence-electron chi connectivity index (χ2n) is 5.32. The SMILES string of the molecule is Cn1cc(CC2(CN)CCCCCC2)cn1. The molecule has 0 aliphatic heterocycles. The second kappa shape index (κ2) is 5.00. The fraction of sp³-hybridized carbons (Fsp3) is 0.769. The molecule has 3 heteroatoms. The highest BCUT2D eigenvalue weighted by molar-refractivity contribution is 5.08. The van der Waals surface area contributed by atoms with E-state index in [1.54, 1.807) is 0 Å². The van der Waals surface area contributed by atoms with Crippen molar-refractivity contribution in [1.82, 2.24) is 9.78 Å². The van der Waals surface area contributed by atoms with E-state index >= 15 is 0 Å². The highest BCUT2D eigenvalue weighted by atomic mass is 15.2. The highest BCUT2D eigenvalue weighted by Gasteiger charge is 2.29. The van der Waals surface area contributed by atoms with Gasteiger partial charge in [0.15, 0.2) is 0 Å². The lowest BCUT2D eigenvalue weighted by Gasteiger charge is -2.31. The van der Waals surface area contributed by atoms with Gasteiger partial charge in [-0.2, -0.15) is 5.10 Å². The Morgan fingerprint density at radius 3 is 2.50 bits per heavy atom. The molecule has 1 aromatic heterocycles. The molecule has 16 heavy (non-hydrogen) atoms. The minimum atomic E-state index is 0.347. The first-order chi connectivity index (χ1) is 7.74. The van der Waals surface area contributed by atoms with Crippen molar-refractivity contribution in [3.63, 3.8) is 0 Å². The standard InChI is InChI=1S/C13H23N3/c1-16-10-12(9-15-16)8-13(11-14)6-4-2-3-5-7-13/h9-10H,2-8,11,14H2,1H3. The average Bonchev–Trinajstić information content (AvgIpc) is 2.54. The first kappa shape index (κ1) is 11.6. The molecule has 0 atom stereocenters. The Morgan fingerprint density at radius 2 is 2.00 bits per heavy atom. The Kier molecular flexibility index (Phi) is 3.64. The van der Waals surface area contributed by atoms with Crippen LogP contribution in [0, 0.1) is 5.41 Å². The molecular formula is C13H23N3. The molecule has 0 spiro atoms. The highest BCUT2D eigenvalue weighted by Crippen LogP contribution is 2.37.